The predicted octanol–water partition coefficient (Wildman–Crippen LogP) is 3.99. The largest absolute Gasteiger partial charge is 0.370 e. The van der Waals surface area contributed by atoms with E-state index in [1.165, 1.54) is 38.1 Å². The molecule has 0 spiro atoms. The van der Waals surface area contributed by atoms with E-state index in [4.69, 9.17) is 0 Å². The minimum absolute atomic E-state index is 0.910. The van der Waals surface area contributed by atoms with Gasteiger partial charge in [0, 0.05) is 48.3 Å². The van der Waals surface area contributed by atoms with Crippen molar-refractivity contribution in [2.24, 2.45) is 7.05 Å². The third-order valence-electron chi connectivity index (χ3n) is 5.15. The maximum absolute atomic E-state index is 4.61. The molecule has 5 heteroatoms. The van der Waals surface area contributed by atoms with Crippen molar-refractivity contribution in [2.45, 2.75) is 20.3 Å². The van der Waals surface area contributed by atoms with E-state index in [-0.39, 0.29) is 0 Å². The highest BCUT2D eigenvalue weighted by atomic mass is 15.0. The number of hydrogen-bond acceptors (Lipinski definition) is 4. The van der Waals surface area contributed by atoms with Crippen LogP contribution in [-0.4, -0.2) is 34.2 Å². The zero-order valence-corrected chi connectivity index (χ0v) is 15.6. The number of pyridine rings is 2. The Morgan fingerprint density at radius 2 is 1.92 bits per heavy atom. The van der Waals surface area contributed by atoms with Crippen molar-refractivity contribution < 1.29 is 0 Å². The zero-order chi connectivity index (χ0) is 18.1. The molecule has 0 saturated carbocycles. The lowest BCUT2D eigenvalue weighted by molar-refractivity contribution is 0.688. The van der Waals surface area contributed by atoms with Crippen molar-refractivity contribution in [1.29, 1.82) is 0 Å². The van der Waals surface area contributed by atoms with Crippen LogP contribution in [0.25, 0.3) is 32.6 Å². The summed E-state index contributed by atoms with van der Waals surface area (Å²) in [5.74, 6) is 0.963. The highest BCUT2D eigenvalue weighted by molar-refractivity contribution is 6.15. The summed E-state index contributed by atoms with van der Waals surface area (Å²) in [5, 5.41) is 11.7. The van der Waals surface area contributed by atoms with Gasteiger partial charge in [-0.05, 0) is 55.6 Å². The smallest absolute Gasteiger partial charge is 0.133 e. The quantitative estimate of drug-likeness (QED) is 0.518. The fraction of sp³-hybridized carbons (Fsp3) is 0.333. The van der Waals surface area contributed by atoms with Crippen LogP contribution in [0.15, 0.2) is 36.8 Å². The number of rotatable bonds is 6. The van der Waals surface area contributed by atoms with Crippen molar-refractivity contribution in [3.8, 4) is 0 Å². The maximum atomic E-state index is 4.61. The molecule has 0 aliphatic heterocycles. The number of nitrogens with zero attached hydrogens (tertiary/aromatic N) is 3. The summed E-state index contributed by atoms with van der Waals surface area (Å²) in [6, 6.07) is 6.46. The highest BCUT2D eigenvalue weighted by Gasteiger charge is 2.14. The first-order valence-electron chi connectivity index (χ1n) is 9.27. The summed E-state index contributed by atoms with van der Waals surface area (Å²) in [4.78, 5) is 8.94. The van der Waals surface area contributed by atoms with Crippen LogP contribution in [0.1, 0.15) is 18.9 Å². The van der Waals surface area contributed by atoms with Crippen LogP contribution in [0, 0.1) is 6.92 Å². The average molecular weight is 347 g/mol. The molecule has 26 heavy (non-hydrogen) atoms. The molecule has 0 aliphatic rings. The normalized spacial score (nSPS) is 11.7. The average Bonchev–Trinajstić information content (AvgIpc) is 2.95. The number of hydrogen-bond donors (Lipinski definition) is 2. The number of benzene rings is 1. The number of aromatic nitrogens is 3. The van der Waals surface area contributed by atoms with Gasteiger partial charge in [0.25, 0.3) is 0 Å². The lowest BCUT2D eigenvalue weighted by atomic mass is 10.0. The van der Waals surface area contributed by atoms with E-state index in [1.807, 2.05) is 18.6 Å². The third kappa shape index (κ3) is 2.69. The molecule has 5 nitrogen and oxygen atoms in total. The van der Waals surface area contributed by atoms with Crippen LogP contribution in [0.5, 0.6) is 0 Å². The van der Waals surface area contributed by atoms with E-state index in [1.54, 1.807) is 0 Å². The Kier molecular flexibility index (Phi) is 4.47. The Hall–Kier alpha value is -2.66. The molecule has 4 aromatic rings. The molecule has 0 atom stereocenters. The molecule has 0 unspecified atom stereocenters. The van der Waals surface area contributed by atoms with Gasteiger partial charge in [0.15, 0.2) is 0 Å². The van der Waals surface area contributed by atoms with Gasteiger partial charge in [-0.2, -0.15) is 0 Å². The Bertz CT molecular complexity index is 1080. The van der Waals surface area contributed by atoms with Gasteiger partial charge < -0.3 is 15.2 Å². The fourth-order valence-corrected chi connectivity index (χ4v) is 3.87. The number of aryl methyl sites for hydroxylation is 2. The summed E-state index contributed by atoms with van der Waals surface area (Å²) >= 11 is 0. The monoisotopic (exact) mass is 347 g/mol. The third-order valence-corrected chi connectivity index (χ3v) is 5.15. The van der Waals surface area contributed by atoms with Gasteiger partial charge in [-0.25, -0.2) is 4.98 Å². The summed E-state index contributed by atoms with van der Waals surface area (Å²) in [6.07, 6.45) is 6.79. The van der Waals surface area contributed by atoms with Gasteiger partial charge in [0.05, 0.1) is 11.0 Å². The van der Waals surface area contributed by atoms with Gasteiger partial charge in [0.1, 0.15) is 5.82 Å². The molecule has 0 amide bonds. The van der Waals surface area contributed by atoms with E-state index in [2.05, 4.69) is 64.3 Å². The molecule has 0 bridgehead atoms. The van der Waals surface area contributed by atoms with Gasteiger partial charge >= 0.3 is 0 Å². The van der Waals surface area contributed by atoms with Crippen molar-refractivity contribution in [1.82, 2.24) is 19.9 Å². The second-order valence-electron chi connectivity index (χ2n) is 6.74. The second kappa shape index (κ2) is 6.92. The molecule has 0 radical (unpaired) electrons. The van der Waals surface area contributed by atoms with Gasteiger partial charge in [-0.3, -0.25) is 4.98 Å². The van der Waals surface area contributed by atoms with E-state index in [0.29, 0.717) is 0 Å². The summed E-state index contributed by atoms with van der Waals surface area (Å²) in [5.41, 5.74) is 3.76. The van der Waals surface area contributed by atoms with Gasteiger partial charge in [-0.1, -0.05) is 6.92 Å². The lowest BCUT2D eigenvalue weighted by Crippen LogP contribution is -2.17. The molecule has 1 aromatic carbocycles. The summed E-state index contributed by atoms with van der Waals surface area (Å²) in [7, 11) is 2.13. The predicted molar refractivity (Wildman–Crippen MR) is 110 cm³/mol. The van der Waals surface area contributed by atoms with Crippen LogP contribution in [0.2, 0.25) is 0 Å². The fourth-order valence-electron chi connectivity index (χ4n) is 3.87. The van der Waals surface area contributed by atoms with Crippen LogP contribution in [-0.2, 0) is 7.05 Å². The van der Waals surface area contributed by atoms with Crippen LogP contribution >= 0.6 is 0 Å². The minimum atomic E-state index is 0.910. The molecule has 4 rings (SSSR count). The Morgan fingerprint density at radius 3 is 2.77 bits per heavy atom. The summed E-state index contributed by atoms with van der Waals surface area (Å²) in [6.45, 7) is 7.28. The number of nitrogens with one attached hydrogen (secondary N) is 2. The van der Waals surface area contributed by atoms with Crippen LogP contribution < -0.4 is 10.6 Å². The lowest BCUT2D eigenvalue weighted by Gasteiger charge is -2.12. The first kappa shape index (κ1) is 16.8. The first-order valence-corrected chi connectivity index (χ1v) is 9.27. The van der Waals surface area contributed by atoms with E-state index in [0.717, 1.165) is 31.9 Å². The molecule has 0 aliphatic carbocycles. The molecular formula is C21H25N5. The van der Waals surface area contributed by atoms with E-state index < -0.39 is 0 Å². The molecule has 3 aromatic heterocycles. The zero-order valence-electron chi connectivity index (χ0n) is 15.6. The van der Waals surface area contributed by atoms with Gasteiger partial charge in [-0.15, -0.1) is 0 Å². The second-order valence-corrected chi connectivity index (χ2v) is 6.74. The molecular weight excluding hydrogens is 322 g/mol. The van der Waals surface area contributed by atoms with E-state index in [9.17, 15) is 0 Å². The first-order chi connectivity index (χ1) is 12.7. The van der Waals surface area contributed by atoms with Crippen molar-refractivity contribution in [3.05, 3.63) is 42.4 Å². The Labute approximate surface area is 153 Å². The maximum Gasteiger partial charge on any atom is 0.133 e. The van der Waals surface area contributed by atoms with Crippen LogP contribution in [0.3, 0.4) is 0 Å². The molecule has 3 heterocycles. The van der Waals surface area contributed by atoms with Crippen molar-refractivity contribution in [3.63, 3.8) is 0 Å². The SMILES string of the molecule is CCNCCCNc1nccc2c(C)c3c(cc12)c1cnccc1n3C. The molecule has 0 fully saturated rings. The topological polar surface area (TPSA) is 54.8 Å². The van der Waals surface area contributed by atoms with Crippen molar-refractivity contribution >= 4 is 38.4 Å². The standard InChI is InChI=1S/C21H25N5/c1-4-22-8-5-9-24-21-17-12-16-18-13-23-10-7-19(18)26(3)20(16)14(2)15(17)6-11-25-21/h6-7,10-13,22H,4-5,8-9H2,1-3H3,(H,24,25). The molecule has 134 valence electrons. The summed E-state index contributed by atoms with van der Waals surface area (Å²) < 4.78 is 2.27. The number of fused-ring (bicyclic) bond motifs is 4. The van der Waals surface area contributed by atoms with E-state index >= 15 is 0 Å². The molecule has 0 saturated heterocycles. The Balaban J connectivity index is 1.84. The van der Waals surface area contributed by atoms with Crippen LogP contribution in [0.4, 0.5) is 5.82 Å². The minimum Gasteiger partial charge on any atom is -0.370 e. The van der Waals surface area contributed by atoms with Gasteiger partial charge in [0.2, 0.25) is 0 Å². The Morgan fingerprint density at radius 1 is 1.04 bits per heavy atom. The number of anilines is 1. The van der Waals surface area contributed by atoms with Crippen molar-refractivity contribution in [2.75, 3.05) is 25.0 Å². The molecule has 2 N–H and O–H groups in total. The highest BCUT2D eigenvalue weighted by Crippen LogP contribution is 2.36.